The van der Waals surface area contributed by atoms with Crippen LogP contribution in [0, 0.1) is 90.6 Å². The molecule has 9 aromatic carbocycles. The summed E-state index contributed by atoms with van der Waals surface area (Å²) >= 11 is 0. The van der Waals surface area contributed by atoms with E-state index in [9.17, 15) is 24.3 Å². The number of allylic oxidation sites excluding steroid dienone is 8. The molecule has 0 unspecified atom stereocenters. The number of pyridine rings is 5. The van der Waals surface area contributed by atoms with Crippen LogP contribution < -0.4 is 0 Å². The Bertz CT molecular complexity index is 5940. The van der Waals surface area contributed by atoms with Crippen molar-refractivity contribution in [3.05, 3.63) is 401 Å². The zero-order valence-electron chi connectivity index (χ0n) is 80.4. The molecule has 5 aromatic heterocycles. The Morgan fingerprint density at radius 1 is 0.373 bits per heavy atom. The number of hydrogen-bond donors (Lipinski definition) is 4. The SMILES string of the molecule is CC(=O)C=C(C)O.CC(=O)C=C(C)O.CC(=O)C=C(C)O.CC(C)(C)c1ccnc(-c2[c-]cccc2)c1.CC(C)CC(=O)C=C(O)CC(C)C.CCc1cc(-c2[c-]cccc2)ncc1-c1ccccc1.Cc1[c-]c(-c2cc(C)c3c(C)cccc3n2)cc(C)c1.Cc1cc(C)cc(-c2ccnc(-c3[c-]cccc3)c2)c1.Cc1ccc(-c2ccnc(-c3[c-]cccc3)c2)cc1.[Ir].[Ir].[Ir].[Ir].[Ir]. The summed E-state index contributed by atoms with van der Waals surface area (Å²) in [7, 11) is 0. The quantitative estimate of drug-likeness (QED) is 0.0380. The number of fused-ring (bicyclic) bond motifs is 1. The molecule has 4 N–H and O–H groups in total. The van der Waals surface area contributed by atoms with Crippen molar-refractivity contribution >= 4 is 34.0 Å². The van der Waals surface area contributed by atoms with E-state index >= 15 is 0 Å². The fourth-order valence-electron chi connectivity index (χ4n) is 13.3. The predicted molar refractivity (Wildman–Crippen MR) is 533 cm³/mol. The first-order valence-electron chi connectivity index (χ1n) is 43.3. The summed E-state index contributed by atoms with van der Waals surface area (Å²) in [6.07, 6.45) is 14.5. The van der Waals surface area contributed by atoms with Gasteiger partial charge in [0, 0.05) is 173 Å². The van der Waals surface area contributed by atoms with Gasteiger partial charge in [0.05, 0.1) is 28.6 Å². The second-order valence-electron chi connectivity index (χ2n) is 33.4. The molecular formula is C116H124Ir5N5O8-5. The molecule has 0 amide bonds. The van der Waals surface area contributed by atoms with Crippen molar-refractivity contribution in [3.63, 3.8) is 0 Å². The molecule has 5 heterocycles. The third-order valence-electron chi connectivity index (χ3n) is 18.9. The molecular weight excluding hydrogens is 2550 g/mol. The Morgan fingerprint density at radius 2 is 0.799 bits per heavy atom. The molecule has 14 rings (SSSR count). The van der Waals surface area contributed by atoms with Crippen LogP contribution in [0.4, 0.5) is 0 Å². The summed E-state index contributed by atoms with van der Waals surface area (Å²) in [5.41, 5.74) is 30.0. The molecule has 711 valence electrons. The topological polar surface area (TPSA) is 214 Å². The molecule has 0 atom stereocenters. The second kappa shape index (κ2) is 63.3. The number of aliphatic hydroxyl groups excluding tert-OH is 4. The van der Waals surface area contributed by atoms with Crippen molar-refractivity contribution in [2.24, 2.45) is 11.8 Å². The number of aryl methyl sites for hydroxylation is 8. The first-order chi connectivity index (χ1) is 61.3. The minimum Gasteiger partial charge on any atom is -0.512 e. The van der Waals surface area contributed by atoms with Crippen molar-refractivity contribution in [2.45, 2.75) is 170 Å². The van der Waals surface area contributed by atoms with Crippen LogP contribution in [-0.2, 0) is 132 Å². The minimum atomic E-state index is -0.125. The van der Waals surface area contributed by atoms with Crippen LogP contribution >= 0.6 is 0 Å². The molecule has 0 aliphatic rings. The molecule has 0 saturated heterocycles. The van der Waals surface area contributed by atoms with Gasteiger partial charge < -0.3 is 40.4 Å². The van der Waals surface area contributed by atoms with E-state index in [0.717, 1.165) is 73.8 Å². The second-order valence-corrected chi connectivity index (χ2v) is 33.4. The predicted octanol–water partition coefficient (Wildman–Crippen LogP) is 29.1. The number of carbonyl (C=O) groups excluding carboxylic acids is 4. The summed E-state index contributed by atoms with van der Waals surface area (Å²) < 4.78 is 0. The van der Waals surface area contributed by atoms with Crippen LogP contribution in [0.5, 0.6) is 0 Å². The van der Waals surface area contributed by atoms with E-state index in [2.05, 4.69) is 266 Å². The number of ketones is 4. The molecule has 0 aliphatic carbocycles. The molecule has 0 bridgehead atoms. The maximum atomic E-state index is 11.2. The Balaban J connectivity index is 0.000000768. The van der Waals surface area contributed by atoms with Gasteiger partial charge in [-0.05, 0) is 203 Å². The molecule has 14 aromatic rings. The van der Waals surface area contributed by atoms with Crippen molar-refractivity contribution in [2.75, 3.05) is 0 Å². The van der Waals surface area contributed by atoms with Crippen LogP contribution in [0.2, 0.25) is 0 Å². The fraction of sp³-hybridized carbons (Fsp3) is 0.233. The van der Waals surface area contributed by atoms with Gasteiger partial charge in [0.15, 0.2) is 23.1 Å². The number of carbonyl (C=O) groups is 4. The average molecular weight is 2680 g/mol. The Kier molecular flexibility index (Phi) is 57.2. The van der Waals surface area contributed by atoms with E-state index in [1.54, 1.807) is 0 Å². The van der Waals surface area contributed by atoms with Gasteiger partial charge in [-0.2, -0.15) is 0 Å². The minimum absolute atomic E-state index is 0. The molecule has 134 heavy (non-hydrogen) atoms. The molecule has 0 spiro atoms. The van der Waals surface area contributed by atoms with Crippen LogP contribution in [-0.4, -0.2) is 68.5 Å². The van der Waals surface area contributed by atoms with E-state index in [4.69, 9.17) is 20.3 Å². The number of rotatable bonds is 17. The first kappa shape index (κ1) is 121. The number of aromatic nitrogens is 5. The zero-order chi connectivity index (χ0) is 94.7. The molecule has 0 aliphatic heterocycles. The fourth-order valence-corrected chi connectivity index (χ4v) is 13.3. The molecule has 18 heteroatoms. The van der Waals surface area contributed by atoms with Gasteiger partial charge in [-0.25, -0.2) is 0 Å². The van der Waals surface area contributed by atoms with Crippen molar-refractivity contribution in [1.29, 1.82) is 0 Å². The third kappa shape index (κ3) is 45.4. The maximum absolute atomic E-state index is 11.2. The molecule has 5 radical (unpaired) electrons. The van der Waals surface area contributed by atoms with E-state index in [-0.39, 0.29) is 152 Å². The standard InChI is InChI=1S/C19H18N.2C19H16N.C18H14N.C15H16N.C11H20O2.3C5H8O2.5Ir/c1-12-8-13(2)10-16(9-12)18-11-15(4)19-14(3)6-5-7-17(19)20-18;1-14-10-15(2)12-18(11-14)17-8-9-20-19(13-17)16-6-4-3-5-7-16;1-2-15-13-19(17-11-7-4-8-12-17)20-14-18(15)16-9-5-3-6-10-16;1-14-7-9-15(10-8-14)17-11-12-19-18(13-17)16-5-3-2-4-6-16;1-15(2,3)13-9-10-16-14(11-13)12-7-5-4-6-8-12;1-8(2)5-10(12)7-11(13)6-9(3)4;3*1-4(6)3-5(2)7;;;;;/h5-9,11H,1-4H3;3-6,8-13H,1-2H3;3-11,13-14H,2H2,1H3;2-5,7-13H,1H3;4-7,9-11H,1-3H3;7-9,12H,5-6H2,1-4H3;3*3,6H,1-2H3;;;;;/q5*-1;;;;;;;;;. The number of benzene rings is 9. The van der Waals surface area contributed by atoms with E-state index in [0.29, 0.717) is 24.7 Å². The van der Waals surface area contributed by atoms with Gasteiger partial charge in [0.1, 0.15) is 0 Å². The van der Waals surface area contributed by atoms with Gasteiger partial charge in [0.2, 0.25) is 0 Å². The smallest absolute Gasteiger partial charge is 0.159 e. The number of hydrogen-bond acceptors (Lipinski definition) is 13. The van der Waals surface area contributed by atoms with Gasteiger partial charge in [-0.3, -0.25) is 24.2 Å². The van der Waals surface area contributed by atoms with Gasteiger partial charge in [0.25, 0.3) is 0 Å². The zero-order valence-corrected chi connectivity index (χ0v) is 92.4. The van der Waals surface area contributed by atoms with Crippen molar-refractivity contribution in [1.82, 2.24) is 24.9 Å². The van der Waals surface area contributed by atoms with E-state index < -0.39 is 0 Å². The Hall–Kier alpha value is -10.9. The number of nitrogens with zero attached hydrogens (tertiary/aromatic N) is 5. The monoisotopic (exact) mass is 2680 g/mol. The number of aliphatic hydroxyl groups is 4. The summed E-state index contributed by atoms with van der Waals surface area (Å²) in [4.78, 5) is 63.9. The first-order valence-corrected chi connectivity index (χ1v) is 43.3. The summed E-state index contributed by atoms with van der Waals surface area (Å²) in [6, 6.07) is 101. The summed E-state index contributed by atoms with van der Waals surface area (Å²) in [5.74, 6) is 0.792. The van der Waals surface area contributed by atoms with Crippen LogP contribution in [0.3, 0.4) is 0 Å². The van der Waals surface area contributed by atoms with Gasteiger partial charge in [-0.15, -0.1) is 178 Å². The van der Waals surface area contributed by atoms with Gasteiger partial charge >= 0.3 is 0 Å². The molecule has 0 saturated carbocycles. The normalized spacial score (nSPS) is 10.6. The summed E-state index contributed by atoms with van der Waals surface area (Å²) in [5, 5.41) is 35.7. The summed E-state index contributed by atoms with van der Waals surface area (Å²) in [6.45, 7) is 40.2. The van der Waals surface area contributed by atoms with E-state index in [1.807, 2.05) is 162 Å². The Morgan fingerprint density at radius 3 is 1.20 bits per heavy atom. The van der Waals surface area contributed by atoms with E-state index in [1.165, 1.54) is 149 Å². The van der Waals surface area contributed by atoms with Crippen molar-refractivity contribution < 1.29 is 140 Å². The van der Waals surface area contributed by atoms with Crippen LogP contribution in [0.1, 0.15) is 160 Å². The molecule has 0 fully saturated rings. The molecule has 13 nitrogen and oxygen atoms in total. The van der Waals surface area contributed by atoms with Gasteiger partial charge in [-0.1, -0.05) is 201 Å². The van der Waals surface area contributed by atoms with Crippen molar-refractivity contribution in [3.8, 4) is 89.7 Å². The third-order valence-corrected chi connectivity index (χ3v) is 18.9. The van der Waals surface area contributed by atoms with Crippen LogP contribution in [0.25, 0.3) is 101 Å². The largest absolute Gasteiger partial charge is 0.512 e. The van der Waals surface area contributed by atoms with Crippen LogP contribution in [0.15, 0.2) is 321 Å². The Labute approximate surface area is 864 Å². The average Bonchev–Trinajstić information content (AvgIpc) is 0.789. The maximum Gasteiger partial charge on any atom is 0.159 e.